The maximum Gasteiger partial charge on any atom is 0.305 e. The van der Waals surface area contributed by atoms with E-state index in [2.05, 4.69) is 19.2 Å². The smallest absolute Gasteiger partial charge is 0.305 e. The summed E-state index contributed by atoms with van der Waals surface area (Å²) >= 11 is 0. The van der Waals surface area contributed by atoms with Gasteiger partial charge in [0.1, 0.15) is 0 Å². The normalized spacial score (nSPS) is 12.5. The lowest BCUT2D eigenvalue weighted by atomic mass is 10.0. The lowest BCUT2D eigenvalue weighted by Gasteiger charge is -2.20. The number of ether oxygens (including phenoxy) is 1. The van der Waals surface area contributed by atoms with Crippen LogP contribution in [0.5, 0.6) is 0 Å². The van der Waals surface area contributed by atoms with Crippen LogP contribution in [0.1, 0.15) is 450 Å². The maximum absolute atomic E-state index is 12.5. The average molecular weight is 1190 g/mol. The largest absolute Gasteiger partial charge is 0.466 e. The molecule has 0 fully saturated rings. The first-order valence-corrected chi connectivity index (χ1v) is 39.0. The third-order valence-corrected chi connectivity index (χ3v) is 18.6. The van der Waals surface area contributed by atoms with Gasteiger partial charge in [0.25, 0.3) is 0 Å². The van der Waals surface area contributed by atoms with Crippen molar-refractivity contribution < 1.29 is 24.5 Å². The molecule has 0 radical (unpaired) electrons. The van der Waals surface area contributed by atoms with Crippen LogP contribution in [-0.4, -0.2) is 47.4 Å². The van der Waals surface area contributed by atoms with Crippen molar-refractivity contribution in [3.8, 4) is 0 Å². The minimum atomic E-state index is -0.839. The van der Waals surface area contributed by atoms with Gasteiger partial charge < -0.3 is 20.3 Å². The summed E-state index contributed by atoms with van der Waals surface area (Å²) in [6.07, 6.45) is 93.4. The average Bonchev–Trinajstić information content (AvgIpc) is 3.51. The van der Waals surface area contributed by atoms with Gasteiger partial charge in [0.15, 0.2) is 0 Å². The van der Waals surface area contributed by atoms with Crippen LogP contribution >= 0.6 is 0 Å². The fourth-order valence-corrected chi connectivity index (χ4v) is 12.6. The number of allylic oxidation sites excluding steroid dienone is 1. The standard InChI is InChI=1S/C78H153NO5/c1-3-5-7-9-11-13-15-17-19-44-48-52-56-60-64-68-72-78(83)84-73-69-65-61-57-53-49-45-42-40-38-36-34-32-30-28-26-24-22-20-21-23-25-27-29-31-33-35-37-39-41-43-47-51-55-59-63-67-71-77(82)79-75(74-80)76(81)70-66-62-58-54-50-46-18-16-14-12-10-8-6-4-2/h66,70,75-76,80-81H,3-65,67-69,71-74H2,1-2H3,(H,79,82)/b70-66+. The molecule has 1 amide bonds. The SMILES string of the molecule is CCCCCCCCCCCCCC/C=C/C(O)C(CO)NC(=O)CCCCCCCCCCCCCCCCCCCCCCCCCCCCCCCCCCCCCCCOC(=O)CCCCCCCCCCCCCCCCCC. The Labute approximate surface area is 527 Å². The molecule has 0 saturated heterocycles. The molecule has 0 aromatic carbocycles. The van der Waals surface area contributed by atoms with E-state index in [0.29, 0.717) is 19.4 Å². The Hall–Kier alpha value is -1.40. The summed E-state index contributed by atoms with van der Waals surface area (Å²) in [5, 5.41) is 23.2. The number of hydrogen-bond acceptors (Lipinski definition) is 5. The zero-order valence-corrected chi connectivity index (χ0v) is 57.4. The fourth-order valence-electron chi connectivity index (χ4n) is 12.6. The predicted molar refractivity (Wildman–Crippen MR) is 370 cm³/mol. The molecule has 0 saturated carbocycles. The zero-order chi connectivity index (χ0) is 60.6. The van der Waals surface area contributed by atoms with Crippen molar-refractivity contribution in [3.63, 3.8) is 0 Å². The van der Waals surface area contributed by atoms with Gasteiger partial charge in [-0.2, -0.15) is 0 Å². The molecule has 3 N–H and O–H groups in total. The topological polar surface area (TPSA) is 95.9 Å². The first kappa shape index (κ1) is 82.6. The van der Waals surface area contributed by atoms with E-state index in [1.165, 1.54) is 385 Å². The molecule has 0 bridgehead atoms. The molecule has 84 heavy (non-hydrogen) atoms. The molecular formula is C78H153NO5. The third kappa shape index (κ3) is 69.7. The van der Waals surface area contributed by atoms with Crippen molar-refractivity contribution in [3.05, 3.63) is 12.2 Å². The van der Waals surface area contributed by atoms with Crippen molar-refractivity contribution in [1.29, 1.82) is 0 Å². The molecule has 6 heteroatoms. The third-order valence-electron chi connectivity index (χ3n) is 18.6. The molecular weight excluding hydrogens is 1030 g/mol. The zero-order valence-electron chi connectivity index (χ0n) is 57.4. The van der Waals surface area contributed by atoms with Gasteiger partial charge in [-0.15, -0.1) is 0 Å². The first-order valence-electron chi connectivity index (χ1n) is 39.0. The number of aliphatic hydroxyl groups excluding tert-OH is 2. The van der Waals surface area contributed by atoms with Gasteiger partial charge in [-0.05, 0) is 32.1 Å². The maximum atomic E-state index is 12.5. The highest BCUT2D eigenvalue weighted by Crippen LogP contribution is 2.20. The number of aliphatic hydroxyl groups is 2. The molecule has 0 heterocycles. The van der Waals surface area contributed by atoms with Crippen LogP contribution in [0.3, 0.4) is 0 Å². The van der Waals surface area contributed by atoms with Crippen LogP contribution in [0, 0.1) is 0 Å². The molecule has 500 valence electrons. The molecule has 2 atom stereocenters. The van der Waals surface area contributed by atoms with E-state index in [0.717, 1.165) is 38.5 Å². The molecule has 0 aromatic heterocycles. The summed E-state index contributed by atoms with van der Waals surface area (Å²) in [6.45, 7) is 4.95. The molecule has 0 aliphatic heterocycles. The summed E-state index contributed by atoms with van der Waals surface area (Å²) in [7, 11) is 0. The van der Waals surface area contributed by atoms with Gasteiger partial charge in [0, 0.05) is 12.8 Å². The summed E-state index contributed by atoms with van der Waals surface area (Å²) in [6, 6.07) is -0.622. The number of rotatable bonds is 74. The lowest BCUT2D eigenvalue weighted by Crippen LogP contribution is -2.45. The Morgan fingerprint density at radius 3 is 0.810 bits per heavy atom. The molecule has 2 unspecified atom stereocenters. The number of carbonyl (C=O) groups is 2. The number of amides is 1. The van der Waals surface area contributed by atoms with Crippen molar-refractivity contribution >= 4 is 11.9 Å². The van der Waals surface area contributed by atoms with Crippen LogP contribution in [0.25, 0.3) is 0 Å². The number of carbonyl (C=O) groups excluding carboxylic acids is 2. The van der Waals surface area contributed by atoms with Gasteiger partial charge in [0.05, 0.1) is 25.4 Å². The van der Waals surface area contributed by atoms with Crippen molar-refractivity contribution in [1.82, 2.24) is 5.32 Å². The highest BCUT2D eigenvalue weighted by Gasteiger charge is 2.18. The van der Waals surface area contributed by atoms with Gasteiger partial charge >= 0.3 is 5.97 Å². The van der Waals surface area contributed by atoms with E-state index in [4.69, 9.17) is 4.74 Å². The van der Waals surface area contributed by atoms with Crippen molar-refractivity contribution in [2.45, 2.75) is 463 Å². The highest BCUT2D eigenvalue weighted by molar-refractivity contribution is 5.76. The lowest BCUT2D eigenvalue weighted by molar-refractivity contribution is -0.143. The number of unbranched alkanes of at least 4 members (excludes halogenated alkanes) is 63. The Morgan fingerprint density at radius 1 is 0.321 bits per heavy atom. The molecule has 0 spiro atoms. The minimum Gasteiger partial charge on any atom is -0.466 e. The van der Waals surface area contributed by atoms with Crippen LogP contribution in [0.4, 0.5) is 0 Å². The Morgan fingerprint density at radius 2 is 0.548 bits per heavy atom. The Balaban J connectivity index is 3.29. The van der Waals surface area contributed by atoms with E-state index < -0.39 is 12.1 Å². The molecule has 6 nitrogen and oxygen atoms in total. The minimum absolute atomic E-state index is 0.0277. The Bertz CT molecular complexity index is 1270. The van der Waals surface area contributed by atoms with Gasteiger partial charge in [-0.1, -0.05) is 418 Å². The number of esters is 1. The van der Waals surface area contributed by atoms with E-state index in [9.17, 15) is 19.8 Å². The molecule has 0 rings (SSSR count). The van der Waals surface area contributed by atoms with Crippen molar-refractivity contribution in [2.24, 2.45) is 0 Å². The number of nitrogens with one attached hydrogen (secondary N) is 1. The van der Waals surface area contributed by atoms with Gasteiger partial charge in [-0.25, -0.2) is 0 Å². The van der Waals surface area contributed by atoms with E-state index >= 15 is 0 Å². The molecule has 0 aliphatic rings. The first-order chi connectivity index (χ1) is 41.5. The summed E-state index contributed by atoms with van der Waals surface area (Å²) < 4.78 is 5.51. The summed E-state index contributed by atoms with van der Waals surface area (Å²) in [5.74, 6) is -0.0316. The second kappa shape index (κ2) is 74.1. The highest BCUT2D eigenvalue weighted by atomic mass is 16.5. The van der Waals surface area contributed by atoms with Crippen LogP contribution in [0.2, 0.25) is 0 Å². The van der Waals surface area contributed by atoms with Gasteiger partial charge in [-0.3, -0.25) is 9.59 Å². The van der Waals surface area contributed by atoms with Crippen LogP contribution in [0.15, 0.2) is 12.2 Å². The monoisotopic (exact) mass is 1180 g/mol. The Kier molecular flexibility index (Phi) is 72.8. The summed E-state index contributed by atoms with van der Waals surface area (Å²) in [5.41, 5.74) is 0. The molecule has 0 aliphatic carbocycles. The quantitative estimate of drug-likeness (QED) is 0.0320. The number of hydrogen-bond donors (Lipinski definition) is 3. The second-order valence-electron chi connectivity index (χ2n) is 27.1. The molecule has 0 aromatic rings. The predicted octanol–water partition coefficient (Wildman–Crippen LogP) is 25.5. The van der Waals surface area contributed by atoms with Crippen molar-refractivity contribution in [2.75, 3.05) is 13.2 Å². The van der Waals surface area contributed by atoms with E-state index in [-0.39, 0.29) is 18.5 Å². The fraction of sp³-hybridized carbons (Fsp3) is 0.949. The summed E-state index contributed by atoms with van der Waals surface area (Å²) in [4.78, 5) is 24.6. The van der Waals surface area contributed by atoms with Crippen LogP contribution < -0.4 is 5.32 Å². The van der Waals surface area contributed by atoms with E-state index in [1.54, 1.807) is 6.08 Å². The van der Waals surface area contributed by atoms with Crippen LogP contribution in [-0.2, 0) is 14.3 Å². The second-order valence-corrected chi connectivity index (χ2v) is 27.1. The van der Waals surface area contributed by atoms with E-state index in [1.807, 2.05) is 6.08 Å². The van der Waals surface area contributed by atoms with Gasteiger partial charge in [0.2, 0.25) is 5.91 Å².